The van der Waals surface area contributed by atoms with Crippen LogP contribution in [0, 0.1) is 18.2 Å². The molecule has 0 aliphatic heterocycles. The standard InChI is InChI=1S/C13H19FN2O2S/c1-3-13(4-5-13)8-16-19(17,18)10-6-11(14)9(2)12(15)7-10/h6-7,16H,3-5,8,15H2,1-2H3. The molecule has 0 heterocycles. The zero-order chi connectivity index (χ0) is 14.3. The highest BCUT2D eigenvalue weighted by Gasteiger charge is 2.41. The van der Waals surface area contributed by atoms with Crippen molar-refractivity contribution in [3.8, 4) is 0 Å². The number of anilines is 1. The van der Waals surface area contributed by atoms with Crippen LogP contribution in [0.3, 0.4) is 0 Å². The van der Waals surface area contributed by atoms with Crippen LogP contribution in [0.4, 0.5) is 10.1 Å². The predicted octanol–water partition coefficient (Wildman–Crippen LogP) is 2.18. The number of hydrogen-bond acceptors (Lipinski definition) is 3. The number of benzene rings is 1. The van der Waals surface area contributed by atoms with Crippen LogP contribution >= 0.6 is 0 Å². The average molecular weight is 286 g/mol. The quantitative estimate of drug-likeness (QED) is 0.815. The van der Waals surface area contributed by atoms with Crippen molar-refractivity contribution in [3.63, 3.8) is 0 Å². The van der Waals surface area contributed by atoms with Crippen LogP contribution in [0.1, 0.15) is 31.7 Å². The summed E-state index contributed by atoms with van der Waals surface area (Å²) in [4.78, 5) is -0.111. The highest BCUT2D eigenvalue weighted by molar-refractivity contribution is 7.89. The van der Waals surface area contributed by atoms with Gasteiger partial charge in [-0.1, -0.05) is 6.92 Å². The number of nitrogens with one attached hydrogen (secondary N) is 1. The Kier molecular flexibility index (Phi) is 3.57. The van der Waals surface area contributed by atoms with Gasteiger partial charge in [0.2, 0.25) is 10.0 Å². The fourth-order valence-corrected chi connectivity index (χ4v) is 3.20. The molecule has 0 aromatic heterocycles. The predicted molar refractivity (Wildman–Crippen MR) is 72.7 cm³/mol. The third-order valence-electron chi connectivity index (χ3n) is 4.01. The first-order valence-corrected chi connectivity index (χ1v) is 7.83. The monoisotopic (exact) mass is 286 g/mol. The Labute approximate surface area is 113 Å². The van der Waals surface area contributed by atoms with E-state index in [1.54, 1.807) is 0 Å². The molecule has 0 atom stereocenters. The number of sulfonamides is 1. The smallest absolute Gasteiger partial charge is 0.240 e. The molecule has 1 aliphatic carbocycles. The van der Waals surface area contributed by atoms with Crippen molar-refractivity contribution in [3.05, 3.63) is 23.5 Å². The molecule has 0 unspecified atom stereocenters. The number of hydrogen-bond donors (Lipinski definition) is 2. The second-order valence-electron chi connectivity index (χ2n) is 5.30. The Bertz CT molecular complexity index is 572. The van der Waals surface area contributed by atoms with E-state index in [0.717, 1.165) is 25.3 Å². The molecule has 0 radical (unpaired) electrons. The summed E-state index contributed by atoms with van der Waals surface area (Å²) < 4.78 is 40.3. The SMILES string of the molecule is CCC1(CNS(=O)(=O)c2cc(N)c(C)c(F)c2)CC1. The van der Waals surface area contributed by atoms with Crippen LogP contribution in [-0.4, -0.2) is 15.0 Å². The third kappa shape index (κ3) is 2.90. The Morgan fingerprint density at radius 1 is 1.42 bits per heavy atom. The second kappa shape index (κ2) is 4.76. The van der Waals surface area contributed by atoms with Gasteiger partial charge in [-0.2, -0.15) is 0 Å². The Balaban J connectivity index is 2.20. The third-order valence-corrected chi connectivity index (χ3v) is 5.39. The van der Waals surface area contributed by atoms with E-state index in [-0.39, 0.29) is 21.6 Å². The van der Waals surface area contributed by atoms with E-state index in [4.69, 9.17) is 5.73 Å². The van der Waals surface area contributed by atoms with E-state index >= 15 is 0 Å². The first kappa shape index (κ1) is 14.3. The lowest BCUT2D eigenvalue weighted by Crippen LogP contribution is -2.30. The van der Waals surface area contributed by atoms with Gasteiger partial charge >= 0.3 is 0 Å². The number of nitrogen functional groups attached to an aromatic ring is 1. The average Bonchev–Trinajstić information content (AvgIpc) is 3.14. The number of halogens is 1. The lowest BCUT2D eigenvalue weighted by molar-refractivity contribution is 0.475. The Hall–Kier alpha value is -1.14. The van der Waals surface area contributed by atoms with Gasteiger partial charge in [-0.05, 0) is 43.7 Å². The molecular formula is C13H19FN2O2S. The van der Waals surface area contributed by atoms with Gasteiger partial charge in [0.15, 0.2) is 0 Å². The lowest BCUT2D eigenvalue weighted by atomic mass is 10.1. The van der Waals surface area contributed by atoms with E-state index < -0.39 is 15.8 Å². The molecule has 19 heavy (non-hydrogen) atoms. The van der Waals surface area contributed by atoms with Crippen LogP contribution in [0.2, 0.25) is 0 Å². The molecule has 4 nitrogen and oxygen atoms in total. The minimum atomic E-state index is -3.70. The summed E-state index contributed by atoms with van der Waals surface area (Å²) in [6, 6.07) is 2.31. The largest absolute Gasteiger partial charge is 0.398 e. The lowest BCUT2D eigenvalue weighted by Gasteiger charge is -2.14. The Morgan fingerprint density at radius 2 is 2.05 bits per heavy atom. The van der Waals surface area contributed by atoms with E-state index in [9.17, 15) is 12.8 Å². The fraction of sp³-hybridized carbons (Fsp3) is 0.538. The molecule has 106 valence electrons. The van der Waals surface area contributed by atoms with Gasteiger partial charge in [-0.3, -0.25) is 0 Å². The summed E-state index contributed by atoms with van der Waals surface area (Å²) >= 11 is 0. The van der Waals surface area contributed by atoms with Crippen molar-refractivity contribution in [2.24, 2.45) is 5.41 Å². The first-order valence-electron chi connectivity index (χ1n) is 6.35. The van der Waals surface area contributed by atoms with Crippen LogP contribution in [-0.2, 0) is 10.0 Å². The molecule has 1 aromatic carbocycles. The summed E-state index contributed by atoms with van der Waals surface area (Å²) in [5, 5.41) is 0. The maximum Gasteiger partial charge on any atom is 0.240 e. The van der Waals surface area contributed by atoms with Gasteiger partial charge in [-0.25, -0.2) is 17.5 Å². The topological polar surface area (TPSA) is 72.2 Å². The van der Waals surface area contributed by atoms with Crippen molar-refractivity contribution in [1.29, 1.82) is 0 Å². The second-order valence-corrected chi connectivity index (χ2v) is 7.06. The van der Waals surface area contributed by atoms with Crippen LogP contribution in [0.5, 0.6) is 0 Å². The van der Waals surface area contributed by atoms with E-state index in [0.29, 0.717) is 6.54 Å². The first-order chi connectivity index (χ1) is 8.80. The van der Waals surface area contributed by atoms with Crippen molar-refractivity contribution in [2.45, 2.75) is 38.0 Å². The summed E-state index contributed by atoms with van der Waals surface area (Å²) in [7, 11) is -3.70. The van der Waals surface area contributed by atoms with Gasteiger partial charge in [-0.15, -0.1) is 0 Å². The summed E-state index contributed by atoms with van der Waals surface area (Å²) in [5.74, 6) is -0.600. The minimum Gasteiger partial charge on any atom is -0.398 e. The van der Waals surface area contributed by atoms with Crippen LogP contribution in [0.15, 0.2) is 17.0 Å². The maximum absolute atomic E-state index is 13.6. The normalized spacial score (nSPS) is 17.4. The molecule has 0 spiro atoms. The van der Waals surface area contributed by atoms with E-state index in [2.05, 4.69) is 4.72 Å². The molecule has 0 amide bonds. The van der Waals surface area contributed by atoms with Crippen LogP contribution in [0.25, 0.3) is 0 Å². The molecule has 3 N–H and O–H groups in total. The van der Waals surface area contributed by atoms with Crippen molar-refractivity contribution >= 4 is 15.7 Å². The molecule has 2 rings (SSSR count). The summed E-state index contributed by atoms with van der Waals surface area (Å²) in [5.41, 5.74) is 6.13. The highest BCUT2D eigenvalue weighted by Crippen LogP contribution is 2.48. The number of nitrogens with two attached hydrogens (primary N) is 1. The van der Waals surface area contributed by atoms with Gasteiger partial charge in [0.1, 0.15) is 5.82 Å². The zero-order valence-corrected chi connectivity index (χ0v) is 12.0. The summed E-state index contributed by atoms with van der Waals surface area (Å²) in [6.45, 7) is 3.97. The molecule has 1 aliphatic rings. The van der Waals surface area contributed by atoms with E-state index in [1.807, 2.05) is 6.92 Å². The molecular weight excluding hydrogens is 267 g/mol. The molecule has 1 fully saturated rings. The van der Waals surface area contributed by atoms with Gasteiger partial charge in [0.25, 0.3) is 0 Å². The van der Waals surface area contributed by atoms with Crippen LogP contribution < -0.4 is 10.5 Å². The molecule has 1 saturated carbocycles. The van der Waals surface area contributed by atoms with Gasteiger partial charge < -0.3 is 5.73 Å². The van der Waals surface area contributed by atoms with E-state index in [1.165, 1.54) is 13.0 Å². The van der Waals surface area contributed by atoms with Crippen molar-refractivity contribution < 1.29 is 12.8 Å². The zero-order valence-electron chi connectivity index (χ0n) is 11.2. The fourth-order valence-electron chi connectivity index (χ4n) is 1.99. The molecule has 0 bridgehead atoms. The molecule has 6 heteroatoms. The Morgan fingerprint density at radius 3 is 2.53 bits per heavy atom. The van der Waals surface area contributed by atoms with Gasteiger partial charge in [0.05, 0.1) is 4.90 Å². The molecule has 0 saturated heterocycles. The van der Waals surface area contributed by atoms with Crippen molar-refractivity contribution in [2.75, 3.05) is 12.3 Å². The minimum absolute atomic E-state index is 0.0991. The number of rotatable bonds is 5. The highest BCUT2D eigenvalue weighted by atomic mass is 32.2. The summed E-state index contributed by atoms with van der Waals surface area (Å²) in [6.07, 6.45) is 3.02. The maximum atomic E-state index is 13.6. The molecule has 1 aromatic rings. The van der Waals surface area contributed by atoms with Crippen molar-refractivity contribution in [1.82, 2.24) is 4.72 Å². The van der Waals surface area contributed by atoms with Gasteiger partial charge in [0, 0.05) is 17.8 Å².